The number of nitrogens with zero attached hydrogens (tertiary/aromatic N) is 1. The van der Waals surface area contributed by atoms with E-state index < -0.39 is 9.84 Å². The molecule has 0 radical (unpaired) electrons. The zero-order valence-electron chi connectivity index (χ0n) is 17.5. The summed E-state index contributed by atoms with van der Waals surface area (Å²) in [6, 6.07) is 11.6. The largest absolute Gasteiger partial charge is 0.497 e. The minimum absolute atomic E-state index is 0.00600. The Morgan fingerprint density at radius 2 is 1.97 bits per heavy atom. The first-order valence-corrected chi connectivity index (χ1v) is 12.4. The van der Waals surface area contributed by atoms with Crippen LogP contribution in [0.4, 0.5) is 0 Å². The van der Waals surface area contributed by atoms with E-state index in [-0.39, 0.29) is 35.5 Å². The van der Waals surface area contributed by atoms with Crippen LogP contribution < -0.4 is 4.74 Å². The average molecular weight is 432 g/mol. The van der Waals surface area contributed by atoms with Gasteiger partial charge in [0.1, 0.15) is 5.75 Å². The van der Waals surface area contributed by atoms with Gasteiger partial charge in [-0.25, -0.2) is 8.42 Å². The zero-order valence-corrected chi connectivity index (χ0v) is 18.4. The molecule has 0 aromatic heterocycles. The number of hydrogen-bond donors (Lipinski definition) is 0. The SMILES string of the molecule is COc1ccc2cc([C@H](C)C(=O)N(C[C@H]3CCCO3)[C@@H]3CCS(=O)(=O)C3)ccc2c1. The molecule has 2 heterocycles. The van der Waals surface area contributed by atoms with Crippen LogP contribution in [0.1, 0.15) is 37.7 Å². The molecule has 0 unspecified atom stereocenters. The van der Waals surface area contributed by atoms with Crippen molar-refractivity contribution in [3.8, 4) is 5.75 Å². The molecule has 2 aliphatic heterocycles. The highest BCUT2D eigenvalue weighted by Gasteiger charge is 2.38. The summed E-state index contributed by atoms with van der Waals surface area (Å²) in [5, 5.41) is 2.10. The Kier molecular flexibility index (Phi) is 6.02. The van der Waals surface area contributed by atoms with Crippen LogP contribution in [-0.2, 0) is 19.4 Å². The summed E-state index contributed by atoms with van der Waals surface area (Å²) in [4.78, 5) is 15.3. The van der Waals surface area contributed by atoms with Crippen molar-refractivity contribution >= 4 is 26.5 Å². The fraction of sp³-hybridized carbons (Fsp3) is 0.522. The highest BCUT2D eigenvalue weighted by molar-refractivity contribution is 7.91. The van der Waals surface area contributed by atoms with Crippen LogP contribution in [0.15, 0.2) is 36.4 Å². The van der Waals surface area contributed by atoms with Gasteiger partial charge in [0.2, 0.25) is 5.91 Å². The predicted molar refractivity (Wildman–Crippen MR) is 117 cm³/mol. The molecule has 2 saturated heterocycles. The van der Waals surface area contributed by atoms with Crippen molar-refractivity contribution in [2.24, 2.45) is 0 Å². The molecule has 0 spiro atoms. The van der Waals surface area contributed by atoms with Crippen molar-refractivity contribution in [3.63, 3.8) is 0 Å². The van der Waals surface area contributed by atoms with Gasteiger partial charge < -0.3 is 14.4 Å². The summed E-state index contributed by atoms with van der Waals surface area (Å²) in [7, 11) is -1.44. The summed E-state index contributed by atoms with van der Waals surface area (Å²) in [5.74, 6) is 0.612. The summed E-state index contributed by atoms with van der Waals surface area (Å²) in [6.45, 7) is 3.08. The van der Waals surface area contributed by atoms with E-state index in [1.807, 2.05) is 43.3 Å². The smallest absolute Gasteiger partial charge is 0.230 e. The first-order chi connectivity index (χ1) is 14.4. The molecule has 2 aromatic rings. The van der Waals surface area contributed by atoms with Gasteiger partial charge in [-0.3, -0.25) is 4.79 Å². The van der Waals surface area contributed by atoms with E-state index >= 15 is 0 Å². The van der Waals surface area contributed by atoms with Crippen LogP contribution in [0, 0.1) is 0 Å². The third-order valence-corrected chi connectivity index (χ3v) is 8.05. The molecule has 2 aliphatic rings. The summed E-state index contributed by atoms with van der Waals surface area (Å²) in [6.07, 6.45) is 2.40. The lowest BCUT2D eigenvalue weighted by molar-refractivity contribution is -0.136. The number of ether oxygens (including phenoxy) is 2. The maximum Gasteiger partial charge on any atom is 0.230 e. The Balaban J connectivity index is 1.58. The standard InChI is InChI=1S/C23H29NO5S/c1-16(17-5-6-19-13-21(28-2)8-7-18(19)12-17)23(25)24(14-22-4-3-10-29-22)20-9-11-30(26,27)15-20/h5-8,12-13,16,20,22H,3-4,9-11,14-15H2,1-2H3/t16-,20+,22+/m0/s1. The van der Waals surface area contributed by atoms with Crippen LogP contribution in [0.2, 0.25) is 0 Å². The molecule has 4 rings (SSSR count). The number of carbonyl (C=O) groups is 1. The Morgan fingerprint density at radius 3 is 2.63 bits per heavy atom. The predicted octanol–water partition coefficient (Wildman–Crippen LogP) is 3.15. The fourth-order valence-electron chi connectivity index (χ4n) is 4.48. The summed E-state index contributed by atoms with van der Waals surface area (Å²) in [5.41, 5.74) is 0.927. The molecule has 2 aromatic carbocycles. The number of rotatable bonds is 6. The first-order valence-electron chi connectivity index (χ1n) is 10.6. The quantitative estimate of drug-likeness (QED) is 0.703. The Bertz CT molecular complexity index is 1030. The molecule has 2 fully saturated rings. The van der Waals surface area contributed by atoms with Crippen LogP contribution in [0.3, 0.4) is 0 Å². The van der Waals surface area contributed by atoms with Crippen molar-refractivity contribution in [1.29, 1.82) is 0 Å². The van der Waals surface area contributed by atoms with Crippen LogP contribution in [0.5, 0.6) is 5.75 Å². The second kappa shape index (κ2) is 8.55. The van der Waals surface area contributed by atoms with Crippen molar-refractivity contribution < 1.29 is 22.7 Å². The van der Waals surface area contributed by atoms with E-state index in [1.54, 1.807) is 12.0 Å². The van der Waals surface area contributed by atoms with Gasteiger partial charge in [0, 0.05) is 19.2 Å². The lowest BCUT2D eigenvalue weighted by atomic mass is 9.95. The van der Waals surface area contributed by atoms with Crippen LogP contribution >= 0.6 is 0 Å². The molecule has 162 valence electrons. The van der Waals surface area contributed by atoms with Crippen molar-refractivity contribution in [3.05, 3.63) is 42.0 Å². The Morgan fingerprint density at radius 1 is 1.20 bits per heavy atom. The monoisotopic (exact) mass is 431 g/mol. The normalized spacial score (nSPS) is 24.1. The number of methoxy groups -OCH3 is 1. The van der Waals surface area contributed by atoms with Crippen LogP contribution in [0.25, 0.3) is 10.8 Å². The number of amides is 1. The number of benzene rings is 2. The van der Waals surface area contributed by atoms with Gasteiger partial charge in [-0.15, -0.1) is 0 Å². The molecule has 0 saturated carbocycles. The lowest BCUT2D eigenvalue weighted by Crippen LogP contribution is -2.46. The van der Waals surface area contributed by atoms with Gasteiger partial charge in [-0.2, -0.15) is 0 Å². The van der Waals surface area contributed by atoms with E-state index in [1.165, 1.54) is 0 Å². The Hall–Kier alpha value is -2.12. The van der Waals surface area contributed by atoms with Crippen LogP contribution in [-0.4, -0.2) is 63.1 Å². The minimum atomic E-state index is -3.08. The van der Waals surface area contributed by atoms with Gasteiger partial charge in [-0.05, 0) is 54.7 Å². The molecule has 0 aliphatic carbocycles. The van der Waals surface area contributed by atoms with E-state index in [0.29, 0.717) is 19.6 Å². The number of sulfone groups is 1. The highest BCUT2D eigenvalue weighted by atomic mass is 32.2. The molecule has 7 heteroatoms. The number of carbonyl (C=O) groups excluding carboxylic acids is 1. The Labute approximate surface area is 178 Å². The minimum Gasteiger partial charge on any atom is -0.497 e. The topological polar surface area (TPSA) is 72.9 Å². The van der Waals surface area contributed by atoms with Gasteiger partial charge >= 0.3 is 0 Å². The molecule has 6 nitrogen and oxygen atoms in total. The third kappa shape index (κ3) is 4.47. The van der Waals surface area contributed by atoms with Gasteiger partial charge in [0.15, 0.2) is 9.84 Å². The summed E-state index contributed by atoms with van der Waals surface area (Å²) < 4.78 is 35.2. The molecular formula is C23H29NO5S. The third-order valence-electron chi connectivity index (χ3n) is 6.30. The van der Waals surface area contributed by atoms with Gasteiger partial charge in [-0.1, -0.05) is 24.3 Å². The summed E-state index contributed by atoms with van der Waals surface area (Å²) >= 11 is 0. The lowest BCUT2D eigenvalue weighted by Gasteiger charge is -2.33. The van der Waals surface area contributed by atoms with Crippen molar-refractivity contribution in [1.82, 2.24) is 4.90 Å². The first kappa shape index (κ1) is 21.1. The molecular weight excluding hydrogens is 402 g/mol. The highest BCUT2D eigenvalue weighted by Crippen LogP contribution is 2.29. The second-order valence-corrected chi connectivity index (χ2v) is 10.6. The second-order valence-electron chi connectivity index (χ2n) is 8.38. The van der Waals surface area contributed by atoms with E-state index in [2.05, 4.69) is 0 Å². The van der Waals surface area contributed by atoms with Gasteiger partial charge in [0.25, 0.3) is 0 Å². The molecule has 0 N–H and O–H groups in total. The zero-order chi connectivity index (χ0) is 21.3. The van der Waals surface area contributed by atoms with Crippen molar-refractivity contribution in [2.45, 2.75) is 44.2 Å². The van der Waals surface area contributed by atoms with E-state index in [9.17, 15) is 13.2 Å². The molecule has 0 bridgehead atoms. The fourth-order valence-corrected chi connectivity index (χ4v) is 6.21. The molecule has 3 atom stereocenters. The van der Waals surface area contributed by atoms with E-state index in [0.717, 1.165) is 34.9 Å². The molecule has 1 amide bonds. The maximum absolute atomic E-state index is 13.5. The number of hydrogen-bond acceptors (Lipinski definition) is 5. The molecule has 30 heavy (non-hydrogen) atoms. The maximum atomic E-state index is 13.5. The van der Waals surface area contributed by atoms with Crippen molar-refractivity contribution in [2.75, 3.05) is 31.8 Å². The van der Waals surface area contributed by atoms with E-state index in [4.69, 9.17) is 9.47 Å². The van der Waals surface area contributed by atoms with Gasteiger partial charge in [0.05, 0.1) is 30.6 Å². The number of fused-ring (bicyclic) bond motifs is 1. The average Bonchev–Trinajstić information content (AvgIpc) is 3.39.